The van der Waals surface area contributed by atoms with Gasteiger partial charge in [-0.15, -0.1) is 0 Å². The molecular weight excluding hydrogens is 228 g/mol. The highest BCUT2D eigenvalue weighted by Crippen LogP contribution is 2.24. The summed E-state index contributed by atoms with van der Waals surface area (Å²) in [6, 6.07) is 8.28. The molecule has 0 spiro atoms. The number of hydrogen-bond donors (Lipinski definition) is 1. The molecule has 1 aromatic rings. The predicted molar refractivity (Wildman–Crippen MR) is 73.2 cm³/mol. The zero-order valence-electron chi connectivity index (χ0n) is 11.1. The fourth-order valence-electron chi connectivity index (χ4n) is 2.47. The van der Waals surface area contributed by atoms with Gasteiger partial charge in [0.25, 0.3) is 0 Å². The summed E-state index contributed by atoms with van der Waals surface area (Å²) in [4.78, 5) is 2.20. The molecule has 1 aliphatic rings. The number of anilines is 1. The molecular formula is C14H22N2O2. The molecule has 0 amide bonds. The van der Waals surface area contributed by atoms with Crippen molar-refractivity contribution in [2.75, 3.05) is 32.2 Å². The Morgan fingerprint density at radius 2 is 2.17 bits per heavy atom. The van der Waals surface area contributed by atoms with Gasteiger partial charge in [-0.1, -0.05) is 0 Å². The number of nitrogens with two attached hydrogens (primary N) is 1. The van der Waals surface area contributed by atoms with Crippen LogP contribution in [0.15, 0.2) is 24.3 Å². The molecule has 0 radical (unpaired) electrons. The number of hydrogen-bond acceptors (Lipinski definition) is 4. The van der Waals surface area contributed by atoms with Crippen molar-refractivity contribution in [2.24, 2.45) is 5.73 Å². The van der Waals surface area contributed by atoms with Crippen molar-refractivity contribution in [1.82, 2.24) is 0 Å². The molecule has 18 heavy (non-hydrogen) atoms. The lowest BCUT2D eigenvalue weighted by Gasteiger charge is -2.33. The van der Waals surface area contributed by atoms with Gasteiger partial charge in [-0.3, -0.25) is 0 Å². The molecule has 2 N–H and O–H groups in total. The fraction of sp³-hybridized carbons (Fsp3) is 0.571. The van der Waals surface area contributed by atoms with E-state index < -0.39 is 0 Å². The highest BCUT2D eigenvalue weighted by molar-refractivity contribution is 5.49. The van der Waals surface area contributed by atoms with E-state index in [1.165, 1.54) is 0 Å². The minimum Gasteiger partial charge on any atom is -0.497 e. The molecule has 1 saturated heterocycles. The molecule has 1 fully saturated rings. The first kappa shape index (κ1) is 13.2. The van der Waals surface area contributed by atoms with Gasteiger partial charge in [0.1, 0.15) is 5.75 Å². The maximum absolute atomic E-state index is 5.90. The quantitative estimate of drug-likeness (QED) is 0.863. The summed E-state index contributed by atoms with van der Waals surface area (Å²) in [6.07, 6.45) is 2.49. The molecule has 100 valence electrons. The zero-order chi connectivity index (χ0) is 13.0. The monoisotopic (exact) mass is 250 g/mol. The highest BCUT2D eigenvalue weighted by atomic mass is 16.5. The molecule has 1 aliphatic heterocycles. The summed E-state index contributed by atoms with van der Waals surface area (Å²) in [6.45, 7) is 1.46. The molecule has 2 rings (SSSR count). The maximum atomic E-state index is 5.90. The van der Waals surface area contributed by atoms with Crippen molar-refractivity contribution in [2.45, 2.75) is 25.0 Å². The Hall–Kier alpha value is -1.26. The van der Waals surface area contributed by atoms with Crippen LogP contribution in [0.2, 0.25) is 0 Å². The van der Waals surface area contributed by atoms with Crippen LogP contribution in [-0.2, 0) is 4.74 Å². The second-order valence-corrected chi connectivity index (χ2v) is 4.66. The number of likely N-dealkylation sites (N-methyl/N-ethyl adjacent to an activating group) is 1. The number of rotatable bonds is 5. The van der Waals surface area contributed by atoms with E-state index in [1.807, 2.05) is 12.1 Å². The molecule has 1 aromatic carbocycles. The number of methoxy groups -OCH3 is 1. The molecule has 1 heterocycles. The lowest BCUT2D eigenvalue weighted by molar-refractivity contribution is 0.0907. The van der Waals surface area contributed by atoms with Crippen LogP contribution in [0.4, 0.5) is 5.69 Å². The number of nitrogens with zero attached hydrogens (tertiary/aromatic N) is 1. The van der Waals surface area contributed by atoms with Crippen LogP contribution in [0.1, 0.15) is 12.8 Å². The zero-order valence-corrected chi connectivity index (χ0v) is 11.1. The van der Waals surface area contributed by atoms with Gasteiger partial charge in [0, 0.05) is 25.9 Å². The van der Waals surface area contributed by atoms with E-state index in [1.54, 1.807) is 7.11 Å². The lowest BCUT2D eigenvalue weighted by atomic mass is 10.1. The van der Waals surface area contributed by atoms with E-state index in [0.717, 1.165) is 30.9 Å². The first-order valence-electron chi connectivity index (χ1n) is 6.45. The molecule has 4 heteroatoms. The second kappa shape index (κ2) is 6.07. The first-order chi connectivity index (χ1) is 8.76. The summed E-state index contributed by atoms with van der Waals surface area (Å²) in [7, 11) is 3.74. The van der Waals surface area contributed by atoms with Crippen molar-refractivity contribution in [3.63, 3.8) is 0 Å². The van der Waals surface area contributed by atoms with Crippen molar-refractivity contribution in [3.8, 4) is 5.75 Å². The average molecular weight is 250 g/mol. The Kier molecular flexibility index (Phi) is 4.44. The van der Waals surface area contributed by atoms with Gasteiger partial charge in [-0.25, -0.2) is 0 Å². The molecule has 0 aromatic heterocycles. The minimum absolute atomic E-state index is 0.237. The molecule has 0 bridgehead atoms. The summed E-state index contributed by atoms with van der Waals surface area (Å²) in [5, 5.41) is 0. The summed E-state index contributed by atoms with van der Waals surface area (Å²) in [5.74, 6) is 0.869. The van der Waals surface area contributed by atoms with Crippen molar-refractivity contribution < 1.29 is 9.47 Å². The van der Waals surface area contributed by atoms with Gasteiger partial charge in [-0.05, 0) is 37.1 Å². The van der Waals surface area contributed by atoms with Gasteiger partial charge >= 0.3 is 0 Å². The van der Waals surface area contributed by atoms with E-state index in [2.05, 4.69) is 24.1 Å². The average Bonchev–Trinajstić information content (AvgIpc) is 2.93. The van der Waals surface area contributed by atoms with E-state index in [-0.39, 0.29) is 12.1 Å². The van der Waals surface area contributed by atoms with E-state index in [0.29, 0.717) is 6.54 Å². The second-order valence-electron chi connectivity index (χ2n) is 4.66. The standard InChI is InChI=1S/C14H22N2O2/c1-16(11-5-7-12(17-2)8-6-11)13(10-15)14-4-3-9-18-14/h5-8,13-14H,3-4,9-10,15H2,1-2H3. The Labute approximate surface area is 109 Å². The SMILES string of the molecule is COc1ccc(N(C)C(CN)C2CCCO2)cc1. The van der Waals surface area contributed by atoms with Crippen LogP contribution >= 0.6 is 0 Å². The van der Waals surface area contributed by atoms with E-state index in [4.69, 9.17) is 15.2 Å². The van der Waals surface area contributed by atoms with Gasteiger partial charge in [0.15, 0.2) is 0 Å². The number of ether oxygens (including phenoxy) is 2. The fourth-order valence-corrected chi connectivity index (χ4v) is 2.47. The normalized spacial score (nSPS) is 20.7. The third-order valence-electron chi connectivity index (χ3n) is 3.61. The van der Waals surface area contributed by atoms with Gasteiger partial charge in [0.2, 0.25) is 0 Å². The number of benzene rings is 1. The van der Waals surface area contributed by atoms with Crippen molar-refractivity contribution >= 4 is 5.69 Å². The molecule has 2 unspecified atom stereocenters. The Morgan fingerprint density at radius 1 is 1.44 bits per heavy atom. The van der Waals surface area contributed by atoms with Crippen LogP contribution < -0.4 is 15.4 Å². The summed E-state index contributed by atoms with van der Waals surface area (Å²) in [5.41, 5.74) is 7.04. The smallest absolute Gasteiger partial charge is 0.119 e. The van der Waals surface area contributed by atoms with E-state index in [9.17, 15) is 0 Å². The first-order valence-corrected chi connectivity index (χ1v) is 6.45. The minimum atomic E-state index is 0.237. The molecule has 0 aliphatic carbocycles. The largest absolute Gasteiger partial charge is 0.497 e. The third-order valence-corrected chi connectivity index (χ3v) is 3.61. The Bertz CT molecular complexity index is 361. The van der Waals surface area contributed by atoms with Crippen LogP contribution in [0.25, 0.3) is 0 Å². The van der Waals surface area contributed by atoms with Crippen molar-refractivity contribution in [3.05, 3.63) is 24.3 Å². The highest BCUT2D eigenvalue weighted by Gasteiger charge is 2.28. The Balaban J connectivity index is 2.09. The lowest BCUT2D eigenvalue weighted by Crippen LogP contribution is -2.46. The van der Waals surface area contributed by atoms with Crippen molar-refractivity contribution in [1.29, 1.82) is 0 Å². The van der Waals surface area contributed by atoms with Gasteiger partial charge in [0.05, 0.1) is 19.3 Å². The summed E-state index contributed by atoms with van der Waals surface area (Å²) >= 11 is 0. The third kappa shape index (κ3) is 2.76. The predicted octanol–water partition coefficient (Wildman–Crippen LogP) is 1.64. The van der Waals surface area contributed by atoms with Crippen LogP contribution in [0, 0.1) is 0 Å². The molecule has 2 atom stereocenters. The van der Waals surface area contributed by atoms with Gasteiger partial charge < -0.3 is 20.1 Å². The molecule has 0 saturated carbocycles. The maximum Gasteiger partial charge on any atom is 0.119 e. The molecule has 4 nitrogen and oxygen atoms in total. The van der Waals surface area contributed by atoms with E-state index >= 15 is 0 Å². The Morgan fingerprint density at radius 3 is 2.67 bits per heavy atom. The van der Waals surface area contributed by atoms with Crippen LogP contribution in [0.5, 0.6) is 5.75 Å². The van der Waals surface area contributed by atoms with Gasteiger partial charge in [-0.2, -0.15) is 0 Å². The summed E-state index contributed by atoms with van der Waals surface area (Å²) < 4.78 is 10.9. The van der Waals surface area contributed by atoms with Crippen LogP contribution in [-0.4, -0.2) is 39.5 Å². The van der Waals surface area contributed by atoms with Crippen LogP contribution in [0.3, 0.4) is 0 Å². The topological polar surface area (TPSA) is 47.7 Å².